The Hall–Kier alpha value is -1.75. The van der Waals surface area contributed by atoms with Crippen molar-refractivity contribution in [3.63, 3.8) is 0 Å². The summed E-state index contributed by atoms with van der Waals surface area (Å²) in [7, 11) is 0. The lowest BCUT2D eigenvalue weighted by atomic mass is 9.96. The van der Waals surface area contributed by atoms with Gasteiger partial charge in [0.05, 0.1) is 5.56 Å². The van der Waals surface area contributed by atoms with Crippen LogP contribution in [0.1, 0.15) is 52.5 Å². The molecule has 2 nitrogen and oxygen atoms in total. The number of alkyl halides is 3. The van der Waals surface area contributed by atoms with Gasteiger partial charge in [-0.2, -0.15) is 13.2 Å². The molecule has 2 atom stereocenters. The van der Waals surface area contributed by atoms with Gasteiger partial charge in [0.25, 0.3) is 0 Å². The zero-order valence-electron chi connectivity index (χ0n) is 15.4. The Morgan fingerprint density at radius 2 is 1.72 bits per heavy atom. The molecule has 25 heavy (non-hydrogen) atoms. The molecule has 2 rings (SSSR count). The lowest BCUT2D eigenvalue weighted by molar-refractivity contribution is -0.137. The van der Waals surface area contributed by atoms with Crippen LogP contribution < -0.4 is 10.5 Å². The number of halogens is 3. The van der Waals surface area contributed by atoms with Crippen LogP contribution in [-0.4, -0.2) is 12.1 Å². The summed E-state index contributed by atoms with van der Waals surface area (Å²) in [6.07, 6.45) is 2.77. The van der Waals surface area contributed by atoms with Gasteiger partial charge >= 0.3 is 6.18 Å². The molecular weight excluding hydrogens is 327 g/mol. The predicted molar refractivity (Wildman–Crippen MR) is 96.5 cm³/mol. The minimum Gasteiger partial charge on any atom is -0.486 e. The molecule has 0 heterocycles. The fraction of sp³-hybridized carbons (Fsp3) is 0.500. The summed E-state index contributed by atoms with van der Waals surface area (Å²) in [5, 5.41) is 0. The second kappa shape index (κ2) is 9.66. The topological polar surface area (TPSA) is 35.2 Å². The summed E-state index contributed by atoms with van der Waals surface area (Å²) in [6.45, 7) is 8.04. The van der Waals surface area contributed by atoms with E-state index in [1.807, 2.05) is 19.9 Å². The van der Waals surface area contributed by atoms with Crippen LogP contribution in [-0.2, 0) is 6.18 Å². The minimum atomic E-state index is -4.31. The molecule has 0 bridgehead atoms. The van der Waals surface area contributed by atoms with Crippen LogP contribution in [0.4, 0.5) is 13.2 Å². The molecule has 0 amide bonds. The number of hydrogen-bond donors (Lipinski definition) is 1. The third-order valence-electron chi connectivity index (χ3n) is 4.05. The molecule has 5 heteroatoms. The number of allylic oxidation sites excluding steroid dienone is 2. The first kappa shape index (κ1) is 21.3. The molecule has 0 spiro atoms. The maximum atomic E-state index is 12.5. The van der Waals surface area contributed by atoms with Crippen molar-refractivity contribution in [1.29, 1.82) is 0 Å². The van der Waals surface area contributed by atoms with Gasteiger partial charge in [-0.15, -0.1) is 0 Å². The molecule has 1 aliphatic carbocycles. The second-order valence-electron chi connectivity index (χ2n) is 6.34. The highest BCUT2D eigenvalue weighted by Crippen LogP contribution is 2.31. The van der Waals surface area contributed by atoms with E-state index >= 15 is 0 Å². The molecule has 0 saturated carbocycles. The maximum absolute atomic E-state index is 12.5. The lowest BCUT2D eigenvalue weighted by Gasteiger charge is -2.21. The monoisotopic (exact) mass is 355 g/mol. The molecule has 0 radical (unpaired) electrons. The van der Waals surface area contributed by atoms with Crippen molar-refractivity contribution in [1.82, 2.24) is 0 Å². The normalized spacial score (nSPS) is 16.8. The average Bonchev–Trinajstić information content (AvgIpc) is 2.55. The van der Waals surface area contributed by atoms with Gasteiger partial charge in [-0.25, -0.2) is 0 Å². The smallest absolute Gasteiger partial charge is 0.416 e. The zero-order valence-corrected chi connectivity index (χ0v) is 15.4. The molecule has 2 N–H and O–H groups in total. The van der Waals surface area contributed by atoms with E-state index in [2.05, 4.69) is 19.9 Å². The largest absolute Gasteiger partial charge is 0.486 e. The van der Waals surface area contributed by atoms with Crippen molar-refractivity contribution in [2.24, 2.45) is 5.73 Å². The number of ether oxygens (including phenoxy) is 1. The molecule has 1 aromatic rings. The Kier molecular flexibility index (Phi) is 8.23. The number of rotatable bonds is 4. The van der Waals surface area contributed by atoms with Crippen LogP contribution in [0.2, 0.25) is 0 Å². The number of benzene rings is 1. The van der Waals surface area contributed by atoms with E-state index in [1.54, 1.807) is 0 Å². The van der Waals surface area contributed by atoms with E-state index in [1.165, 1.54) is 17.7 Å². The van der Waals surface area contributed by atoms with Crippen LogP contribution in [0.5, 0.6) is 5.75 Å². The van der Waals surface area contributed by atoms with Crippen LogP contribution in [0.25, 0.3) is 0 Å². The summed E-state index contributed by atoms with van der Waals surface area (Å²) >= 11 is 0. The SMILES string of the molecule is CC1=C([C@@H](C)Oc2ccc(C(F)(F)F)cc2)C=CCC1.CCC(C)N. The van der Waals surface area contributed by atoms with Crippen molar-refractivity contribution in [2.45, 2.75) is 65.3 Å². The van der Waals surface area contributed by atoms with E-state index < -0.39 is 11.7 Å². The summed E-state index contributed by atoms with van der Waals surface area (Å²) < 4.78 is 43.1. The fourth-order valence-electron chi connectivity index (χ4n) is 2.27. The Labute approximate surface area is 148 Å². The van der Waals surface area contributed by atoms with Crippen molar-refractivity contribution >= 4 is 0 Å². The Morgan fingerprint density at radius 3 is 2.16 bits per heavy atom. The molecule has 0 fully saturated rings. The van der Waals surface area contributed by atoms with Crippen LogP contribution in [0.15, 0.2) is 47.6 Å². The van der Waals surface area contributed by atoms with E-state index in [0.717, 1.165) is 37.0 Å². The quantitative estimate of drug-likeness (QED) is 0.731. The van der Waals surface area contributed by atoms with Crippen LogP contribution >= 0.6 is 0 Å². The van der Waals surface area contributed by atoms with Crippen LogP contribution in [0.3, 0.4) is 0 Å². The Bertz CT molecular complexity index is 586. The molecule has 0 aromatic heterocycles. The first-order chi connectivity index (χ1) is 11.6. The first-order valence-corrected chi connectivity index (χ1v) is 8.60. The zero-order chi connectivity index (χ0) is 19.0. The average molecular weight is 355 g/mol. The van der Waals surface area contributed by atoms with Gasteiger partial charge in [0.1, 0.15) is 11.9 Å². The predicted octanol–water partition coefficient (Wildman–Crippen LogP) is 5.88. The highest BCUT2D eigenvalue weighted by atomic mass is 19.4. The van der Waals surface area contributed by atoms with Gasteiger partial charge < -0.3 is 10.5 Å². The van der Waals surface area contributed by atoms with E-state index in [9.17, 15) is 13.2 Å². The minimum absolute atomic E-state index is 0.164. The van der Waals surface area contributed by atoms with Gasteiger partial charge in [-0.05, 0) is 69.9 Å². The number of nitrogens with two attached hydrogens (primary N) is 1. The van der Waals surface area contributed by atoms with E-state index in [-0.39, 0.29) is 6.10 Å². The standard InChI is InChI=1S/C16H17F3O.C4H11N/c1-11-5-3-4-6-15(11)12(2)20-14-9-7-13(8-10-14)16(17,18)19;1-3-4(2)5/h4,6-10,12H,3,5H2,1-2H3;4H,3,5H2,1-2H3/t12-;/m1./s1. The lowest BCUT2D eigenvalue weighted by Crippen LogP contribution is -2.16. The summed E-state index contributed by atoms with van der Waals surface area (Å²) in [5.74, 6) is 0.449. The summed E-state index contributed by atoms with van der Waals surface area (Å²) in [6, 6.07) is 5.19. The summed E-state index contributed by atoms with van der Waals surface area (Å²) in [4.78, 5) is 0. The van der Waals surface area contributed by atoms with E-state index in [0.29, 0.717) is 11.8 Å². The number of hydrogen-bond acceptors (Lipinski definition) is 2. The second-order valence-corrected chi connectivity index (χ2v) is 6.34. The molecule has 140 valence electrons. The maximum Gasteiger partial charge on any atom is 0.416 e. The van der Waals surface area contributed by atoms with Gasteiger partial charge in [-0.3, -0.25) is 0 Å². The van der Waals surface area contributed by atoms with Gasteiger partial charge in [0, 0.05) is 6.04 Å². The fourth-order valence-corrected chi connectivity index (χ4v) is 2.27. The van der Waals surface area contributed by atoms with Gasteiger partial charge in [0.15, 0.2) is 0 Å². The molecule has 1 aromatic carbocycles. The molecule has 0 aliphatic heterocycles. The van der Waals surface area contributed by atoms with Gasteiger partial charge in [0.2, 0.25) is 0 Å². The summed E-state index contributed by atoms with van der Waals surface area (Å²) in [5.41, 5.74) is 7.01. The van der Waals surface area contributed by atoms with Crippen molar-refractivity contribution in [3.05, 3.63) is 53.1 Å². The molecule has 1 unspecified atom stereocenters. The highest BCUT2D eigenvalue weighted by molar-refractivity contribution is 5.34. The van der Waals surface area contributed by atoms with Crippen molar-refractivity contribution in [3.8, 4) is 5.75 Å². The molecular formula is C20H28F3NO. The molecule has 1 aliphatic rings. The third-order valence-corrected chi connectivity index (χ3v) is 4.05. The van der Waals surface area contributed by atoms with Crippen molar-refractivity contribution in [2.75, 3.05) is 0 Å². The van der Waals surface area contributed by atoms with E-state index in [4.69, 9.17) is 10.5 Å². The van der Waals surface area contributed by atoms with Gasteiger partial charge in [-0.1, -0.05) is 24.6 Å². The van der Waals surface area contributed by atoms with Crippen molar-refractivity contribution < 1.29 is 17.9 Å². The van der Waals surface area contributed by atoms with Crippen LogP contribution in [0, 0.1) is 0 Å². The third kappa shape index (κ3) is 7.34. The first-order valence-electron chi connectivity index (χ1n) is 8.60. The highest BCUT2D eigenvalue weighted by Gasteiger charge is 2.30. The Balaban J connectivity index is 0.000000550. The molecule has 0 saturated heterocycles. The Morgan fingerprint density at radius 1 is 1.16 bits per heavy atom.